The van der Waals surface area contributed by atoms with E-state index in [0.29, 0.717) is 10.7 Å². The Balaban J connectivity index is 2.99. The zero-order chi connectivity index (χ0) is 22.1. The first-order valence-electron chi connectivity index (χ1n) is 11.7. The third-order valence-corrected chi connectivity index (χ3v) is 19.2. The van der Waals surface area contributed by atoms with Crippen molar-refractivity contribution >= 4 is 40.2 Å². The summed E-state index contributed by atoms with van der Waals surface area (Å²) in [5.74, 6) is 2.61. The van der Waals surface area contributed by atoms with Gasteiger partial charge in [-0.25, -0.2) is 0 Å². The first-order chi connectivity index (χ1) is 13.5. The molecule has 1 saturated heterocycles. The second-order valence-electron chi connectivity index (χ2n) is 10.0. The SMILES string of the molecule is C=CC[C@H](C[C@H](CC1SCCCS1)O[Si](CC)(CC)CC)O[Si](C)(C)C(C)(C)C. The van der Waals surface area contributed by atoms with Crippen LogP contribution < -0.4 is 0 Å². The summed E-state index contributed by atoms with van der Waals surface area (Å²) in [6.45, 7) is 22.8. The fourth-order valence-corrected chi connectivity index (χ4v) is 11.0. The Bertz CT molecular complexity index is 462. The summed E-state index contributed by atoms with van der Waals surface area (Å²) in [4.78, 5) is 0. The third-order valence-electron chi connectivity index (χ3n) is 6.92. The summed E-state index contributed by atoms with van der Waals surface area (Å²) in [6, 6.07) is 3.66. The maximum absolute atomic E-state index is 7.08. The summed E-state index contributed by atoms with van der Waals surface area (Å²) in [5.41, 5.74) is 0. The molecule has 29 heavy (non-hydrogen) atoms. The molecule has 0 bridgehead atoms. The van der Waals surface area contributed by atoms with Gasteiger partial charge in [-0.2, -0.15) is 0 Å². The lowest BCUT2D eigenvalue weighted by molar-refractivity contribution is 0.0927. The van der Waals surface area contributed by atoms with Crippen LogP contribution in [0, 0.1) is 0 Å². The van der Waals surface area contributed by atoms with E-state index in [9.17, 15) is 0 Å². The van der Waals surface area contributed by atoms with Crippen LogP contribution in [0.5, 0.6) is 0 Å². The first kappa shape index (κ1) is 27.8. The molecule has 0 spiro atoms. The normalized spacial score (nSPS) is 19.2. The molecule has 0 radical (unpaired) electrons. The predicted molar refractivity (Wildman–Crippen MR) is 142 cm³/mol. The highest BCUT2D eigenvalue weighted by molar-refractivity contribution is 8.17. The summed E-state index contributed by atoms with van der Waals surface area (Å²) in [6.07, 6.45) is 7.05. The highest BCUT2D eigenvalue weighted by atomic mass is 32.2. The van der Waals surface area contributed by atoms with Gasteiger partial charge in [-0.1, -0.05) is 47.6 Å². The van der Waals surface area contributed by atoms with Crippen molar-refractivity contribution in [1.82, 2.24) is 0 Å². The number of thioether (sulfide) groups is 2. The molecule has 2 nitrogen and oxygen atoms in total. The van der Waals surface area contributed by atoms with Gasteiger partial charge in [0.25, 0.3) is 0 Å². The van der Waals surface area contributed by atoms with Gasteiger partial charge < -0.3 is 8.85 Å². The van der Waals surface area contributed by atoms with E-state index in [2.05, 4.69) is 84.7 Å². The van der Waals surface area contributed by atoms with Gasteiger partial charge in [-0.3, -0.25) is 0 Å². The van der Waals surface area contributed by atoms with Gasteiger partial charge in [-0.05, 0) is 73.5 Å². The van der Waals surface area contributed by atoms with Crippen molar-refractivity contribution < 1.29 is 8.85 Å². The van der Waals surface area contributed by atoms with Gasteiger partial charge in [0.1, 0.15) is 0 Å². The number of hydrogen-bond donors (Lipinski definition) is 0. The molecule has 0 aromatic heterocycles. The maximum atomic E-state index is 7.08. The van der Waals surface area contributed by atoms with Crippen molar-refractivity contribution in [3.05, 3.63) is 12.7 Å². The van der Waals surface area contributed by atoms with Crippen molar-refractivity contribution in [2.24, 2.45) is 0 Å². The molecule has 1 aliphatic heterocycles. The van der Waals surface area contributed by atoms with E-state index in [-0.39, 0.29) is 11.1 Å². The van der Waals surface area contributed by atoms with Crippen molar-refractivity contribution in [2.75, 3.05) is 11.5 Å². The Morgan fingerprint density at radius 3 is 2.00 bits per heavy atom. The average molecular weight is 477 g/mol. The van der Waals surface area contributed by atoms with E-state index < -0.39 is 16.6 Å². The summed E-state index contributed by atoms with van der Waals surface area (Å²) < 4.78 is 14.6. The molecular formula is C23H48O2S2Si2. The highest BCUT2D eigenvalue weighted by Crippen LogP contribution is 2.40. The van der Waals surface area contributed by atoms with E-state index in [1.807, 2.05) is 6.08 Å². The van der Waals surface area contributed by atoms with E-state index in [4.69, 9.17) is 8.85 Å². The van der Waals surface area contributed by atoms with Crippen LogP contribution in [-0.2, 0) is 8.85 Å². The van der Waals surface area contributed by atoms with Crippen molar-refractivity contribution in [2.45, 2.75) is 120 Å². The monoisotopic (exact) mass is 476 g/mol. The van der Waals surface area contributed by atoms with Crippen LogP contribution in [0.2, 0.25) is 36.3 Å². The Labute approximate surface area is 193 Å². The fraction of sp³-hybridized carbons (Fsp3) is 0.913. The molecule has 0 aromatic rings. The average Bonchev–Trinajstić information content (AvgIpc) is 2.66. The van der Waals surface area contributed by atoms with Crippen LogP contribution >= 0.6 is 23.5 Å². The molecule has 1 aliphatic rings. The molecule has 0 aromatic carbocycles. The van der Waals surface area contributed by atoms with E-state index in [0.717, 1.165) is 12.8 Å². The zero-order valence-electron chi connectivity index (χ0n) is 20.5. The summed E-state index contributed by atoms with van der Waals surface area (Å²) in [7, 11) is -3.45. The van der Waals surface area contributed by atoms with Gasteiger partial charge in [0.2, 0.25) is 0 Å². The molecule has 0 amide bonds. The quantitative estimate of drug-likeness (QED) is 0.196. The van der Waals surface area contributed by atoms with E-state index in [1.54, 1.807) is 0 Å². The van der Waals surface area contributed by atoms with Gasteiger partial charge in [0.05, 0.1) is 10.7 Å². The van der Waals surface area contributed by atoms with Crippen molar-refractivity contribution in [1.29, 1.82) is 0 Å². The van der Waals surface area contributed by atoms with Gasteiger partial charge >= 0.3 is 0 Å². The predicted octanol–water partition coefficient (Wildman–Crippen LogP) is 8.32. The van der Waals surface area contributed by atoms with Crippen LogP contribution in [0.1, 0.15) is 67.2 Å². The minimum Gasteiger partial charge on any atom is -0.414 e. The maximum Gasteiger partial charge on any atom is 0.192 e. The lowest BCUT2D eigenvalue weighted by Gasteiger charge is -2.41. The summed E-state index contributed by atoms with van der Waals surface area (Å²) in [5, 5.41) is 0.229. The Hall–Kier alpha value is 0.794. The molecule has 0 N–H and O–H groups in total. The molecular weight excluding hydrogens is 429 g/mol. The van der Waals surface area contributed by atoms with Gasteiger partial charge in [0.15, 0.2) is 16.6 Å². The lowest BCUT2D eigenvalue weighted by atomic mass is 10.1. The molecule has 1 rings (SSSR count). The van der Waals surface area contributed by atoms with Crippen LogP contribution in [0.4, 0.5) is 0 Å². The molecule has 0 aliphatic carbocycles. The molecule has 1 heterocycles. The molecule has 1 fully saturated rings. The second-order valence-corrected chi connectivity index (χ2v) is 22.4. The zero-order valence-corrected chi connectivity index (χ0v) is 24.1. The van der Waals surface area contributed by atoms with Gasteiger partial charge in [0, 0.05) is 6.10 Å². The number of hydrogen-bond acceptors (Lipinski definition) is 4. The second kappa shape index (κ2) is 12.7. The minimum absolute atomic E-state index is 0.229. The van der Waals surface area contributed by atoms with Crippen LogP contribution in [-0.4, -0.2) is 44.9 Å². The van der Waals surface area contributed by atoms with Crippen molar-refractivity contribution in [3.63, 3.8) is 0 Å². The Morgan fingerprint density at radius 1 is 1.00 bits per heavy atom. The Kier molecular flexibility index (Phi) is 12.2. The fourth-order valence-electron chi connectivity index (χ4n) is 3.70. The van der Waals surface area contributed by atoms with Crippen LogP contribution in [0.25, 0.3) is 0 Å². The van der Waals surface area contributed by atoms with Crippen molar-refractivity contribution in [3.8, 4) is 0 Å². The first-order valence-corrected chi connectivity index (χ1v) is 19.3. The van der Waals surface area contributed by atoms with E-state index >= 15 is 0 Å². The summed E-state index contributed by atoms with van der Waals surface area (Å²) >= 11 is 4.29. The molecule has 6 heteroatoms. The largest absolute Gasteiger partial charge is 0.414 e. The van der Waals surface area contributed by atoms with Crippen LogP contribution in [0.3, 0.4) is 0 Å². The standard InChI is InChI=1S/C23H48O2S2Si2/c1-10-15-20(24-28(8,9)23(5,6)7)18-21(19-22-26-16-14-17-27-22)25-29(11-2,12-3)13-4/h10,20-22H,1,11-19H2,2-9H3/t20-,21-/m1/s1. The molecule has 0 unspecified atom stereocenters. The van der Waals surface area contributed by atoms with E-state index in [1.165, 1.54) is 42.5 Å². The molecule has 172 valence electrons. The van der Waals surface area contributed by atoms with Gasteiger partial charge in [-0.15, -0.1) is 30.1 Å². The number of rotatable bonds is 13. The Morgan fingerprint density at radius 2 is 1.55 bits per heavy atom. The molecule has 2 atom stereocenters. The minimum atomic E-state index is -1.81. The molecule has 0 saturated carbocycles. The van der Waals surface area contributed by atoms with Crippen LogP contribution in [0.15, 0.2) is 12.7 Å². The third kappa shape index (κ3) is 9.05. The smallest absolute Gasteiger partial charge is 0.192 e. The lowest BCUT2D eigenvalue weighted by Crippen LogP contribution is -2.46. The highest BCUT2D eigenvalue weighted by Gasteiger charge is 2.40. The topological polar surface area (TPSA) is 18.5 Å².